The molecule has 8 nitrogen and oxygen atoms in total. The fourth-order valence-corrected chi connectivity index (χ4v) is 2.63. The second-order valence-electron chi connectivity index (χ2n) is 5.85. The van der Waals surface area contributed by atoms with Crippen molar-refractivity contribution in [2.75, 3.05) is 31.8 Å². The number of nitrogens with zero attached hydrogens (tertiary/aromatic N) is 1. The number of para-hydroxylation sites is 2. The number of carbonyl (C=O) groups is 3. The van der Waals surface area contributed by atoms with Crippen LogP contribution in [0.3, 0.4) is 0 Å². The molecule has 1 heterocycles. The Morgan fingerprint density at radius 2 is 2.12 bits per heavy atom. The van der Waals surface area contributed by atoms with E-state index in [-0.39, 0.29) is 32.1 Å². The van der Waals surface area contributed by atoms with Gasteiger partial charge >= 0.3 is 5.97 Å². The van der Waals surface area contributed by atoms with Crippen LogP contribution in [0.1, 0.15) is 13.3 Å². The van der Waals surface area contributed by atoms with Crippen LogP contribution in [0, 0.1) is 0 Å². The normalized spacial score (nSPS) is 15.9. The van der Waals surface area contributed by atoms with E-state index < -0.39 is 17.4 Å². The highest BCUT2D eigenvalue weighted by Crippen LogP contribution is 2.31. The van der Waals surface area contributed by atoms with Gasteiger partial charge in [0.15, 0.2) is 6.61 Å². The predicted octanol–water partition coefficient (Wildman–Crippen LogP) is 0.408. The van der Waals surface area contributed by atoms with Crippen molar-refractivity contribution in [2.45, 2.75) is 18.9 Å². The number of hydrogen-bond donors (Lipinski definition) is 2. The molecule has 8 heteroatoms. The van der Waals surface area contributed by atoms with Crippen LogP contribution in [-0.2, 0) is 19.1 Å². The Hall–Kier alpha value is -2.61. The first kappa shape index (κ1) is 17.7. The molecule has 1 aromatic rings. The van der Waals surface area contributed by atoms with Gasteiger partial charge in [-0.1, -0.05) is 12.1 Å². The number of fused-ring (bicyclic) bond motifs is 1. The summed E-state index contributed by atoms with van der Waals surface area (Å²) >= 11 is 0. The van der Waals surface area contributed by atoms with E-state index in [2.05, 4.69) is 5.32 Å². The number of ether oxygens (including phenoxy) is 2. The number of carboxylic acids is 1. The van der Waals surface area contributed by atoms with E-state index in [0.717, 1.165) is 0 Å². The second kappa shape index (κ2) is 7.31. The average molecular weight is 336 g/mol. The molecule has 0 saturated heterocycles. The number of carboxylic acid groups (broad SMARTS) is 1. The Bertz CT molecular complexity index is 647. The molecule has 1 unspecified atom stereocenters. The number of rotatable bonds is 7. The SMILES string of the molecule is COCC(C)(CC(=O)O)NC(=O)CN1C(=O)COc2ccccc21. The van der Waals surface area contributed by atoms with E-state index in [1.165, 1.54) is 12.0 Å². The summed E-state index contributed by atoms with van der Waals surface area (Å²) in [5.41, 5.74) is -0.553. The molecule has 0 saturated carbocycles. The van der Waals surface area contributed by atoms with Crippen LogP contribution in [0.2, 0.25) is 0 Å². The van der Waals surface area contributed by atoms with E-state index in [1.807, 2.05) is 0 Å². The summed E-state index contributed by atoms with van der Waals surface area (Å²) in [6.45, 7) is 1.25. The molecule has 1 aromatic carbocycles. The first-order valence-corrected chi connectivity index (χ1v) is 7.38. The summed E-state index contributed by atoms with van der Waals surface area (Å²) in [4.78, 5) is 36.7. The highest BCUT2D eigenvalue weighted by molar-refractivity contribution is 6.02. The molecule has 0 aromatic heterocycles. The van der Waals surface area contributed by atoms with E-state index in [0.29, 0.717) is 11.4 Å². The van der Waals surface area contributed by atoms with Gasteiger partial charge in [-0.15, -0.1) is 0 Å². The van der Waals surface area contributed by atoms with Crippen LogP contribution >= 0.6 is 0 Å². The van der Waals surface area contributed by atoms with Gasteiger partial charge < -0.3 is 19.9 Å². The smallest absolute Gasteiger partial charge is 0.305 e. The highest BCUT2D eigenvalue weighted by Gasteiger charge is 2.32. The van der Waals surface area contributed by atoms with Gasteiger partial charge in [0.2, 0.25) is 5.91 Å². The number of hydrogen-bond acceptors (Lipinski definition) is 5. The Kier molecular flexibility index (Phi) is 5.40. The van der Waals surface area contributed by atoms with E-state index >= 15 is 0 Å². The van der Waals surface area contributed by atoms with Crippen molar-refractivity contribution in [3.63, 3.8) is 0 Å². The molecular formula is C16H20N2O6. The molecule has 1 aliphatic heterocycles. The molecule has 2 N–H and O–H groups in total. The lowest BCUT2D eigenvalue weighted by Crippen LogP contribution is -2.54. The van der Waals surface area contributed by atoms with Gasteiger partial charge in [-0.25, -0.2) is 0 Å². The molecule has 2 amide bonds. The molecule has 0 bridgehead atoms. The lowest BCUT2D eigenvalue weighted by Gasteiger charge is -2.32. The number of benzene rings is 1. The maximum absolute atomic E-state index is 12.3. The second-order valence-corrected chi connectivity index (χ2v) is 5.85. The Morgan fingerprint density at radius 3 is 2.79 bits per heavy atom. The summed E-state index contributed by atoms with van der Waals surface area (Å²) in [5.74, 6) is -1.34. The third-order valence-electron chi connectivity index (χ3n) is 3.56. The van der Waals surface area contributed by atoms with Crippen LogP contribution in [0.25, 0.3) is 0 Å². The van der Waals surface area contributed by atoms with Gasteiger partial charge in [-0.3, -0.25) is 19.3 Å². The van der Waals surface area contributed by atoms with Gasteiger partial charge in [0.05, 0.1) is 24.3 Å². The van der Waals surface area contributed by atoms with Gasteiger partial charge in [0.1, 0.15) is 12.3 Å². The first-order valence-electron chi connectivity index (χ1n) is 7.38. The summed E-state index contributed by atoms with van der Waals surface area (Å²) < 4.78 is 10.3. The zero-order chi connectivity index (χ0) is 17.7. The minimum atomic E-state index is -1.06. The van der Waals surface area contributed by atoms with Gasteiger partial charge in [-0.05, 0) is 19.1 Å². The highest BCUT2D eigenvalue weighted by atomic mass is 16.5. The number of methoxy groups -OCH3 is 1. The molecule has 1 aliphatic rings. The lowest BCUT2D eigenvalue weighted by atomic mass is 9.99. The summed E-state index contributed by atoms with van der Waals surface area (Å²) in [7, 11) is 1.42. The third-order valence-corrected chi connectivity index (χ3v) is 3.56. The predicted molar refractivity (Wildman–Crippen MR) is 85.0 cm³/mol. The zero-order valence-corrected chi connectivity index (χ0v) is 13.6. The maximum Gasteiger partial charge on any atom is 0.305 e. The van der Waals surface area contributed by atoms with Crippen molar-refractivity contribution in [2.24, 2.45) is 0 Å². The minimum Gasteiger partial charge on any atom is -0.482 e. The summed E-state index contributed by atoms with van der Waals surface area (Å²) in [6, 6.07) is 6.91. The fraction of sp³-hybridized carbons (Fsp3) is 0.438. The number of amides is 2. The van der Waals surface area contributed by atoms with Crippen LogP contribution in [0.5, 0.6) is 5.75 Å². The topological polar surface area (TPSA) is 105 Å². The number of aliphatic carboxylic acids is 1. The quantitative estimate of drug-likeness (QED) is 0.747. The largest absolute Gasteiger partial charge is 0.482 e. The summed E-state index contributed by atoms with van der Waals surface area (Å²) in [6.07, 6.45) is -0.291. The first-order chi connectivity index (χ1) is 11.3. The zero-order valence-electron chi connectivity index (χ0n) is 13.6. The monoisotopic (exact) mass is 336 g/mol. The fourth-order valence-electron chi connectivity index (χ4n) is 2.63. The van der Waals surface area contributed by atoms with Crippen molar-refractivity contribution in [3.8, 4) is 5.75 Å². The van der Waals surface area contributed by atoms with E-state index in [9.17, 15) is 14.4 Å². The molecule has 2 rings (SSSR count). The van der Waals surface area contributed by atoms with E-state index in [4.69, 9.17) is 14.6 Å². The summed E-state index contributed by atoms with van der Waals surface area (Å²) in [5, 5.41) is 11.6. The van der Waals surface area contributed by atoms with Gasteiger partial charge in [0, 0.05) is 7.11 Å². The van der Waals surface area contributed by atoms with Crippen LogP contribution < -0.4 is 15.0 Å². The maximum atomic E-state index is 12.3. The van der Waals surface area contributed by atoms with E-state index in [1.54, 1.807) is 31.2 Å². The number of anilines is 1. The average Bonchev–Trinajstić information content (AvgIpc) is 2.49. The van der Waals surface area contributed by atoms with Gasteiger partial charge in [-0.2, -0.15) is 0 Å². The molecule has 1 atom stereocenters. The Balaban J connectivity index is 2.11. The van der Waals surface area contributed by atoms with Crippen LogP contribution in [0.15, 0.2) is 24.3 Å². The van der Waals surface area contributed by atoms with Crippen molar-refractivity contribution in [1.82, 2.24) is 5.32 Å². The van der Waals surface area contributed by atoms with Crippen molar-refractivity contribution >= 4 is 23.5 Å². The molecular weight excluding hydrogens is 316 g/mol. The van der Waals surface area contributed by atoms with Crippen molar-refractivity contribution in [1.29, 1.82) is 0 Å². The number of carbonyl (C=O) groups excluding carboxylic acids is 2. The Morgan fingerprint density at radius 1 is 1.42 bits per heavy atom. The van der Waals surface area contributed by atoms with Gasteiger partial charge in [0.25, 0.3) is 5.91 Å². The minimum absolute atomic E-state index is 0.0404. The molecule has 130 valence electrons. The third kappa shape index (κ3) is 4.23. The Labute approximate surface area is 139 Å². The standard InChI is InChI=1S/C16H20N2O6/c1-16(10-23-2,7-15(21)22)17-13(19)8-18-11-5-3-4-6-12(11)24-9-14(18)20/h3-6H,7-10H2,1-2H3,(H,17,19)(H,21,22). The lowest BCUT2D eigenvalue weighted by molar-refractivity contribution is -0.139. The number of nitrogens with one attached hydrogen (secondary N) is 1. The van der Waals surface area contributed by atoms with Crippen LogP contribution in [-0.4, -0.2) is 55.3 Å². The molecule has 0 spiro atoms. The molecule has 24 heavy (non-hydrogen) atoms. The molecule has 0 aliphatic carbocycles. The molecule has 0 radical (unpaired) electrons. The molecule has 0 fully saturated rings. The van der Waals surface area contributed by atoms with Crippen molar-refractivity contribution < 1.29 is 29.0 Å². The van der Waals surface area contributed by atoms with Crippen LogP contribution in [0.4, 0.5) is 5.69 Å². The van der Waals surface area contributed by atoms with Crippen molar-refractivity contribution in [3.05, 3.63) is 24.3 Å².